The summed E-state index contributed by atoms with van der Waals surface area (Å²) in [5.74, 6) is 3.36. The van der Waals surface area contributed by atoms with Crippen molar-refractivity contribution in [3.05, 3.63) is 59.2 Å². The van der Waals surface area contributed by atoms with E-state index < -0.39 is 0 Å². The lowest BCUT2D eigenvalue weighted by atomic mass is 9.61. The van der Waals surface area contributed by atoms with Crippen LogP contribution in [-0.4, -0.2) is 96.1 Å². The summed E-state index contributed by atoms with van der Waals surface area (Å²) in [5.41, 5.74) is 3.90. The molecular weight excluding hydrogens is 568 g/mol. The Morgan fingerprint density at radius 1 is 1.00 bits per heavy atom. The van der Waals surface area contributed by atoms with Crippen LogP contribution < -0.4 is 14.8 Å². The average Bonchev–Trinajstić information content (AvgIpc) is 3.82. The summed E-state index contributed by atoms with van der Waals surface area (Å²) >= 11 is 0. The van der Waals surface area contributed by atoms with Crippen molar-refractivity contribution in [1.82, 2.24) is 10.2 Å². The minimum atomic E-state index is 0.0727. The maximum Gasteiger partial charge on any atom is 0.165 e. The zero-order chi connectivity index (χ0) is 31.9. The van der Waals surface area contributed by atoms with Gasteiger partial charge < -0.3 is 39.0 Å². The first-order valence-corrected chi connectivity index (χ1v) is 17.2. The summed E-state index contributed by atoms with van der Waals surface area (Å²) in [6, 6.07) is 14.5. The molecule has 252 valence electrons. The van der Waals surface area contributed by atoms with Crippen LogP contribution in [0.2, 0.25) is 0 Å². The second kappa shape index (κ2) is 18.8. The van der Waals surface area contributed by atoms with Gasteiger partial charge >= 0.3 is 0 Å². The van der Waals surface area contributed by atoms with Crippen LogP contribution in [0, 0.1) is 11.8 Å². The van der Waals surface area contributed by atoms with Crippen molar-refractivity contribution in [1.29, 1.82) is 0 Å². The van der Waals surface area contributed by atoms with Crippen molar-refractivity contribution in [2.24, 2.45) is 11.8 Å². The van der Waals surface area contributed by atoms with Crippen LogP contribution in [0.25, 0.3) is 0 Å². The third-order valence-corrected chi connectivity index (χ3v) is 9.72. The van der Waals surface area contributed by atoms with Gasteiger partial charge in [0.2, 0.25) is 0 Å². The molecule has 8 nitrogen and oxygen atoms in total. The van der Waals surface area contributed by atoms with E-state index >= 15 is 0 Å². The molecule has 2 aliphatic heterocycles. The minimum Gasteiger partial charge on any atom is -0.488 e. The first kappa shape index (κ1) is 35.7. The highest BCUT2D eigenvalue weighted by Gasteiger charge is 2.54. The molecule has 0 amide bonds. The Kier molecular flexibility index (Phi) is 14.9. The Morgan fingerprint density at radius 2 is 1.73 bits per heavy atom. The molecule has 2 fully saturated rings. The largest absolute Gasteiger partial charge is 0.488 e. The second-order valence-electron chi connectivity index (χ2n) is 12.7. The number of nitrogens with one attached hydrogen (secondary N) is 1. The van der Waals surface area contributed by atoms with Crippen LogP contribution in [-0.2, 0) is 32.7 Å². The van der Waals surface area contributed by atoms with Crippen LogP contribution >= 0.6 is 0 Å². The molecule has 1 aliphatic carbocycles. The fourth-order valence-corrected chi connectivity index (χ4v) is 7.08. The Bertz CT molecular complexity index is 1110. The fourth-order valence-electron chi connectivity index (χ4n) is 7.08. The molecule has 2 aromatic carbocycles. The van der Waals surface area contributed by atoms with E-state index in [2.05, 4.69) is 43.2 Å². The summed E-state index contributed by atoms with van der Waals surface area (Å²) in [6.07, 6.45) is 7.43. The second-order valence-corrected chi connectivity index (χ2v) is 12.7. The lowest BCUT2D eigenvalue weighted by molar-refractivity contribution is 0.0154. The van der Waals surface area contributed by atoms with Crippen molar-refractivity contribution in [2.75, 3.05) is 80.0 Å². The third-order valence-electron chi connectivity index (χ3n) is 9.72. The predicted octanol–water partition coefficient (Wildman–Crippen LogP) is 5.24. The predicted molar refractivity (Wildman–Crippen MR) is 179 cm³/mol. The number of aliphatic hydroxyl groups is 1. The third kappa shape index (κ3) is 9.90. The molecule has 0 bridgehead atoms. The molecule has 1 saturated carbocycles. The molecular formula is C37H58N2O6. The van der Waals surface area contributed by atoms with Crippen LogP contribution in [0.15, 0.2) is 42.5 Å². The van der Waals surface area contributed by atoms with Gasteiger partial charge in [-0.1, -0.05) is 43.3 Å². The Labute approximate surface area is 271 Å². The molecule has 1 saturated heterocycles. The van der Waals surface area contributed by atoms with Gasteiger partial charge in [-0.05, 0) is 94.6 Å². The minimum absolute atomic E-state index is 0.0727. The first-order chi connectivity index (χ1) is 22.1. The monoisotopic (exact) mass is 626 g/mol. The number of aryl methyl sites for hydroxylation is 1. The van der Waals surface area contributed by atoms with Crippen molar-refractivity contribution < 1.29 is 28.8 Å². The maximum absolute atomic E-state index is 8.54. The van der Waals surface area contributed by atoms with Gasteiger partial charge in [-0.3, -0.25) is 0 Å². The fraction of sp³-hybridized carbons (Fsp3) is 0.676. The van der Waals surface area contributed by atoms with E-state index in [9.17, 15) is 0 Å². The number of methoxy groups -OCH3 is 1. The molecule has 0 radical (unpaired) electrons. The number of fused-ring (bicyclic) bond motifs is 2. The van der Waals surface area contributed by atoms with E-state index in [4.69, 9.17) is 28.8 Å². The highest BCUT2D eigenvalue weighted by molar-refractivity contribution is 5.58. The smallest absolute Gasteiger partial charge is 0.165 e. The quantitative estimate of drug-likeness (QED) is 0.218. The van der Waals surface area contributed by atoms with E-state index in [-0.39, 0.29) is 12.0 Å². The van der Waals surface area contributed by atoms with Gasteiger partial charge in [0.25, 0.3) is 0 Å². The zero-order valence-electron chi connectivity index (χ0n) is 28.2. The molecule has 0 aromatic heterocycles. The Morgan fingerprint density at radius 3 is 2.38 bits per heavy atom. The molecule has 5 rings (SSSR count). The SMILES string of the molecule is CCc1ccc(OCCOCCOCCOC)c2c1C1(CCN(CC3CC3)C(C)C1CCCNC)CO2.OCc1ccccc1. The number of hydrogen-bond donors (Lipinski definition) is 2. The van der Waals surface area contributed by atoms with E-state index in [0.717, 1.165) is 49.1 Å². The Hall–Kier alpha value is -2.20. The summed E-state index contributed by atoms with van der Waals surface area (Å²) in [4.78, 5) is 2.78. The summed E-state index contributed by atoms with van der Waals surface area (Å²) < 4.78 is 29.0. The number of nitrogens with zero attached hydrogens (tertiary/aromatic N) is 1. The van der Waals surface area contributed by atoms with Crippen LogP contribution in [0.5, 0.6) is 11.5 Å². The van der Waals surface area contributed by atoms with E-state index in [1.807, 2.05) is 30.3 Å². The van der Waals surface area contributed by atoms with Gasteiger partial charge in [0.1, 0.15) is 6.61 Å². The molecule has 3 atom stereocenters. The standard InChI is InChI=1S/C30H50N2O5.C7H8O/c1-5-25-10-11-27(36-20-19-35-18-17-34-16-15-33-4)29-28(25)30(22-37-29)12-14-32(21-24-8-9-24)23(2)26(30)7-6-13-31-3;8-6-7-4-2-1-3-5-7/h10-11,23-24,26,31H,5-9,12-22H2,1-4H3;1-5,8H,6H2. The van der Waals surface area contributed by atoms with Crippen molar-refractivity contribution in [3.63, 3.8) is 0 Å². The molecule has 45 heavy (non-hydrogen) atoms. The number of piperidine rings is 1. The number of aliphatic hydroxyl groups excluding tert-OH is 1. The van der Waals surface area contributed by atoms with Gasteiger partial charge in [-0.25, -0.2) is 0 Å². The number of ether oxygens (including phenoxy) is 5. The van der Waals surface area contributed by atoms with Crippen LogP contribution in [0.3, 0.4) is 0 Å². The van der Waals surface area contributed by atoms with Crippen molar-refractivity contribution >= 4 is 0 Å². The lowest BCUT2D eigenvalue weighted by Crippen LogP contribution is -2.56. The topological polar surface area (TPSA) is 81.7 Å². The summed E-state index contributed by atoms with van der Waals surface area (Å²) in [7, 11) is 3.74. The zero-order valence-corrected chi connectivity index (χ0v) is 28.2. The van der Waals surface area contributed by atoms with Gasteiger partial charge in [0.05, 0.1) is 46.2 Å². The van der Waals surface area contributed by atoms with Crippen molar-refractivity contribution in [3.8, 4) is 11.5 Å². The molecule has 2 N–H and O–H groups in total. The highest BCUT2D eigenvalue weighted by Crippen LogP contribution is 2.56. The Balaban J connectivity index is 0.000000501. The molecule has 2 aromatic rings. The summed E-state index contributed by atoms with van der Waals surface area (Å²) in [6.45, 7) is 12.5. The lowest BCUT2D eigenvalue weighted by Gasteiger charge is -2.50. The van der Waals surface area contributed by atoms with Gasteiger partial charge in [-0.15, -0.1) is 0 Å². The van der Waals surface area contributed by atoms with Gasteiger partial charge in [0, 0.05) is 30.7 Å². The number of hydrogen-bond acceptors (Lipinski definition) is 8. The van der Waals surface area contributed by atoms with E-state index in [1.165, 1.54) is 49.8 Å². The molecule has 3 unspecified atom stereocenters. The maximum atomic E-state index is 8.54. The molecule has 8 heteroatoms. The number of rotatable bonds is 18. The van der Waals surface area contributed by atoms with E-state index in [1.54, 1.807) is 7.11 Å². The molecule has 1 spiro atoms. The first-order valence-electron chi connectivity index (χ1n) is 17.2. The van der Waals surface area contributed by atoms with Gasteiger partial charge in [0.15, 0.2) is 11.5 Å². The molecule has 3 aliphatic rings. The number of benzene rings is 2. The van der Waals surface area contributed by atoms with Crippen LogP contribution in [0.1, 0.15) is 62.6 Å². The summed E-state index contributed by atoms with van der Waals surface area (Å²) in [5, 5.41) is 11.9. The van der Waals surface area contributed by atoms with Crippen molar-refractivity contribution in [2.45, 2.75) is 70.4 Å². The number of likely N-dealkylation sites (tertiary alicyclic amines) is 1. The molecule has 2 heterocycles. The average molecular weight is 627 g/mol. The van der Waals surface area contributed by atoms with Crippen LogP contribution in [0.4, 0.5) is 0 Å². The highest BCUT2D eigenvalue weighted by atomic mass is 16.6. The van der Waals surface area contributed by atoms with Gasteiger partial charge in [-0.2, -0.15) is 0 Å². The normalized spacial score (nSPS) is 22.5. The van der Waals surface area contributed by atoms with E-state index in [0.29, 0.717) is 51.6 Å².